The molecule has 0 saturated carbocycles. The van der Waals surface area contributed by atoms with Gasteiger partial charge in [-0.1, -0.05) is 12.1 Å². The van der Waals surface area contributed by atoms with Crippen molar-refractivity contribution in [2.45, 2.75) is 30.2 Å². The molecule has 33 heavy (non-hydrogen) atoms. The van der Waals surface area contributed by atoms with Crippen LogP contribution in [0.3, 0.4) is 0 Å². The number of hydrogen-bond acceptors (Lipinski definition) is 7. The fraction of sp³-hybridized carbons (Fsp3) is 0.381. The van der Waals surface area contributed by atoms with E-state index in [-0.39, 0.29) is 37.4 Å². The van der Waals surface area contributed by atoms with Crippen molar-refractivity contribution in [2.75, 3.05) is 27.3 Å². The number of methoxy groups -OCH3 is 2. The van der Waals surface area contributed by atoms with E-state index in [2.05, 4.69) is 5.32 Å². The number of nitrogens with zero attached hydrogens (tertiary/aromatic N) is 2. The lowest BCUT2D eigenvalue weighted by Crippen LogP contribution is -2.46. The van der Waals surface area contributed by atoms with E-state index in [4.69, 9.17) is 9.47 Å². The quantitative estimate of drug-likeness (QED) is 0.430. The molecule has 1 fully saturated rings. The van der Waals surface area contributed by atoms with Crippen LogP contribution in [0.2, 0.25) is 0 Å². The lowest BCUT2D eigenvalue weighted by molar-refractivity contribution is -0.385. The maximum Gasteiger partial charge on any atom is 0.276 e. The number of ether oxygens (including phenoxy) is 2. The fourth-order valence-corrected chi connectivity index (χ4v) is 5.51. The van der Waals surface area contributed by atoms with E-state index in [0.29, 0.717) is 17.7 Å². The summed E-state index contributed by atoms with van der Waals surface area (Å²) in [5.74, 6) is -0.917. The molecule has 3 rings (SSSR count). The molecule has 1 aliphatic rings. The van der Waals surface area contributed by atoms with Crippen LogP contribution >= 0.6 is 0 Å². The minimum Gasteiger partial charge on any atom is -0.493 e. The minimum absolute atomic E-state index is 0.0270. The zero-order valence-corrected chi connectivity index (χ0v) is 18.9. The maximum absolute atomic E-state index is 14.1. The van der Waals surface area contributed by atoms with E-state index in [1.807, 2.05) is 0 Å². The van der Waals surface area contributed by atoms with Crippen LogP contribution in [0.4, 0.5) is 10.1 Å². The van der Waals surface area contributed by atoms with Gasteiger partial charge in [-0.15, -0.1) is 0 Å². The van der Waals surface area contributed by atoms with Crippen LogP contribution in [0.5, 0.6) is 11.5 Å². The standard InChI is InChI=1S/C21H24FN3O7S/c1-31-18-12-14(17(25(27)28)13-19(18)32-2)9-10-23-21(26)16-7-5-11-24(16)33(29,30)20-8-4-3-6-15(20)22/h3-4,6,8,12-13,16H,5,7,9-11H2,1-2H3,(H,23,26). The van der Waals surface area contributed by atoms with Crippen LogP contribution in [-0.4, -0.2) is 56.9 Å². The zero-order chi connectivity index (χ0) is 24.2. The highest BCUT2D eigenvalue weighted by Gasteiger charge is 2.40. The lowest BCUT2D eigenvalue weighted by Gasteiger charge is -2.23. The minimum atomic E-state index is -4.20. The van der Waals surface area contributed by atoms with Gasteiger partial charge >= 0.3 is 0 Å². The Hall–Kier alpha value is -3.25. The molecule has 178 valence electrons. The average Bonchev–Trinajstić information content (AvgIpc) is 3.29. The van der Waals surface area contributed by atoms with Crippen molar-refractivity contribution in [3.05, 3.63) is 57.9 Å². The Labute approximate surface area is 190 Å². The van der Waals surface area contributed by atoms with Crippen molar-refractivity contribution in [1.29, 1.82) is 0 Å². The molecule has 1 atom stereocenters. The van der Waals surface area contributed by atoms with Crippen LogP contribution in [0.1, 0.15) is 18.4 Å². The van der Waals surface area contributed by atoms with Gasteiger partial charge in [0, 0.05) is 18.7 Å². The molecule has 0 aliphatic carbocycles. The van der Waals surface area contributed by atoms with Crippen molar-refractivity contribution < 1.29 is 32.0 Å². The molecule has 0 radical (unpaired) electrons. The van der Waals surface area contributed by atoms with E-state index in [1.165, 1.54) is 38.5 Å². The van der Waals surface area contributed by atoms with Crippen LogP contribution in [0.15, 0.2) is 41.3 Å². The van der Waals surface area contributed by atoms with E-state index in [1.54, 1.807) is 0 Å². The Morgan fingerprint density at radius 1 is 1.24 bits per heavy atom. The number of hydrogen-bond donors (Lipinski definition) is 1. The third-order valence-corrected chi connectivity index (χ3v) is 7.35. The molecule has 0 spiro atoms. The van der Waals surface area contributed by atoms with Gasteiger partial charge in [-0.25, -0.2) is 12.8 Å². The zero-order valence-electron chi connectivity index (χ0n) is 18.1. The highest BCUT2D eigenvalue weighted by Crippen LogP contribution is 2.34. The van der Waals surface area contributed by atoms with E-state index in [9.17, 15) is 27.7 Å². The number of sulfonamides is 1. The number of amides is 1. The molecule has 1 aliphatic heterocycles. The number of nitro benzene ring substituents is 1. The van der Waals surface area contributed by atoms with Gasteiger partial charge in [-0.3, -0.25) is 14.9 Å². The number of carbonyl (C=O) groups excluding carboxylic acids is 1. The second-order valence-corrected chi connectivity index (χ2v) is 9.20. The number of halogens is 1. The highest BCUT2D eigenvalue weighted by atomic mass is 32.2. The van der Waals surface area contributed by atoms with Crippen LogP contribution < -0.4 is 14.8 Å². The molecule has 1 unspecified atom stereocenters. The summed E-state index contributed by atoms with van der Waals surface area (Å²) < 4.78 is 51.2. The molecule has 2 aromatic carbocycles. The number of nitro groups is 1. The summed E-state index contributed by atoms with van der Waals surface area (Å²) in [6, 6.07) is 6.73. The smallest absolute Gasteiger partial charge is 0.276 e. The summed E-state index contributed by atoms with van der Waals surface area (Å²) in [5, 5.41) is 14.1. The Morgan fingerprint density at radius 3 is 2.55 bits per heavy atom. The predicted octanol–water partition coefficient (Wildman–Crippen LogP) is 2.26. The van der Waals surface area contributed by atoms with Crippen molar-refractivity contribution in [1.82, 2.24) is 9.62 Å². The van der Waals surface area contributed by atoms with Gasteiger partial charge in [-0.05, 0) is 37.5 Å². The Bertz CT molecular complexity index is 1160. The van der Waals surface area contributed by atoms with Gasteiger partial charge in [0.15, 0.2) is 11.5 Å². The summed E-state index contributed by atoms with van der Waals surface area (Å²) in [4.78, 5) is 23.2. The highest BCUT2D eigenvalue weighted by molar-refractivity contribution is 7.89. The van der Waals surface area contributed by atoms with Gasteiger partial charge in [0.05, 0.1) is 25.2 Å². The monoisotopic (exact) mass is 481 g/mol. The van der Waals surface area contributed by atoms with Crippen LogP contribution in [-0.2, 0) is 21.2 Å². The second kappa shape index (κ2) is 10.1. The van der Waals surface area contributed by atoms with Gasteiger partial charge in [0.2, 0.25) is 15.9 Å². The van der Waals surface area contributed by atoms with Crippen LogP contribution in [0, 0.1) is 15.9 Å². The van der Waals surface area contributed by atoms with Crippen molar-refractivity contribution in [3.63, 3.8) is 0 Å². The molecular formula is C21H24FN3O7S. The maximum atomic E-state index is 14.1. The first kappa shape index (κ1) is 24.4. The largest absolute Gasteiger partial charge is 0.493 e. The summed E-state index contributed by atoms with van der Waals surface area (Å²) in [6.07, 6.45) is 0.845. The number of nitrogens with one attached hydrogen (secondary N) is 1. The molecule has 1 amide bonds. The van der Waals surface area contributed by atoms with E-state index in [0.717, 1.165) is 16.4 Å². The predicted molar refractivity (Wildman–Crippen MR) is 116 cm³/mol. The van der Waals surface area contributed by atoms with Gasteiger partial charge in [0.25, 0.3) is 5.69 Å². The fourth-order valence-electron chi connectivity index (χ4n) is 3.79. The molecular weight excluding hydrogens is 457 g/mol. The molecule has 0 aromatic heterocycles. The van der Waals surface area contributed by atoms with Gasteiger partial charge < -0.3 is 14.8 Å². The van der Waals surface area contributed by atoms with Crippen molar-refractivity contribution in [2.24, 2.45) is 0 Å². The first-order chi connectivity index (χ1) is 15.7. The Morgan fingerprint density at radius 2 is 1.91 bits per heavy atom. The topological polar surface area (TPSA) is 128 Å². The van der Waals surface area contributed by atoms with Crippen molar-refractivity contribution >= 4 is 21.6 Å². The molecule has 10 nitrogen and oxygen atoms in total. The van der Waals surface area contributed by atoms with E-state index < -0.39 is 37.6 Å². The normalized spacial score (nSPS) is 16.4. The first-order valence-corrected chi connectivity index (χ1v) is 11.6. The Kier molecular flexibility index (Phi) is 7.49. The van der Waals surface area contributed by atoms with Crippen molar-refractivity contribution in [3.8, 4) is 11.5 Å². The molecule has 12 heteroatoms. The molecule has 2 aromatic rings. The second-order valence-electron chi connectivity index (χ2n) is 7.34. The number of rotatable bonds is 9. The summed E-state index contributed by atoms with van der Waals surface area (Å²) in [6.45, 7) is 0.120. The summed E-state index contributed by atoms with van der Waals surface area (Å²) in [7, 11) is -1.43. The Balaban J connectivity index is 1.72. The molecule has 0 bridgehead atoms. The van der Waals surface area contributed by atoms with Gasteiger partial charge in [-0.2, -0.15) is 4.31 Å². The first-order valence-electron chi connectivity index (χ1n) is 10.1. The summed E-state index contributed by atoms with van der Waals surface area (Å²) in [5.41, 5.74) is 0.131. The molecule has 1 saturated heterocycles. The third kappa shape index (κ3) is 5.06. The lowest BCUT2D eigenvalue weighted by atomic mass is 10.1. The van der Waals surface area contributed by atoms with Crippen LogP contribution in [0.25, 0.3) is 0 Å². The number of carbonyl (C=O) groups is 1. The summed E-state index contributed by atoms with van der Waals surface area (Å²) >= 11 is 0. The molecule has 1 heterocycles. The third-order valence-electron chi connectivity index (χ3n) is 5.40. The van der Waals surface area contributed by atoms with Gasteiger partial charge in [0.1, 0.15) is 16.8 Å². The van der Waals surface area contributed by atoms with E-state index >= 15 is 0 Å². The average molecular weight is 482 g/mol. The molecule has 1 N–H and O–H groups in total. The number of benzene rings is 2. The SMILES string of the molecule is COc1cc(CCNC(=O)C2CCCN2S(=O)(=O)c2ccccc2F)c([N+](=O)[O-])cc1OC.